The van der Waals surface area contributed by atoms with Crippen molar-refractivity contribution in [3.8, 4) is 5.75 Å². The number of halogens is 1. The molecule has 1 saturated heterocycles. The first kappa shape index (κ1) is 18.3. The maximum atomic E-state index is 12.8. The van der Waals surface area contributed by atoms with Crippen molar-refractivity contribution in [3.05, 3.63) is 66.2 Å². The number of para-hydroxylation sites is 1. The van der Waals surface area contributed by atoms with E-state index in [4.69, 9.17) is 4.74 Å². The third-order valence-electron chi connectivity index (χ3n) is 4.02. The van der Waals surface area contributed by atoms with Gasteiger partial charge in [-0.05, 0) is 38.1 Å². The molecule has 1 heterocycles. The van der Waals surface area contributed by atoms with Crippen LogP contribution in [-0.4, -0.2) is 25.0 Å². The molecule has 0 saturated carbocycles. The first-order valence-electron chi connectivity index (χ1n) is 8.10. The zero-order chi connectivity index (χ0) is 15.9. The third-order valence-corrected chi connectivity index (χ3v) is 4.02. The average molecular weight is 347 g/mol. The Morgan fingerprint density at radius 3 is 2.21 bits per heavy atom. The van der Waals surface area contributed by atoms with Crippen LogP contribution in [0.1, 0.15) is 24.5 Å². The molecule has 4 nitrogen and oxygen atoms in total. The normalized spacial score (nSPS) is 15.8. The van der Waals surface area contributed by atoms with Crippen LogP contribution in [0, 0.1) is 0 Å². The van der Waals surface area contributed by atoms with Crippen molar-refractivity contribution < 1.29 is 9.53 Å². The van der Waals surface area contributed by atoms with Crippen molar-refractivity contribution in [1.82, 2.24) is 10.6 Å². The van der Waals surface area contributed by atoms with E-state index >= 15 is 0 Å². The summed E-state index contributed by atoms with van der Waals surface area (Å²) in [6, 6.07) is 19.3. The topological polar surface area (TPSA) is 50.4 Å². The SMILES string of the molecule is Cl.O=C(NC1CCNCC1)C(Oc1ccccc1)c1ccccc1. The van der Waals surface area contributed by atoms with Gasteiger partial charge in [-0.1, -0.05) is 48.5 Å². The second kappa shape index (κ2) is 9.30. The number of amides is 1. The summed E-state index contributed by atoms with van der Waals surface area (Å²) in [5.74, 6) is 0.619. The molecule has 24 heavy (non-hydrogen) atoms. The second-order valence-corrected chi connectivity index (χ2v) is 5.75. The van der Waals surface area contributed by atoms with Crippen LogP contribution >= 0.6 is 12.4 Å². The molecule has 3 rings (SSSR count). The third kappa shape index (κ3) is 4.98. The lowest BCUT2D eigenvalue weighted by Crippen LogP contribution is -2.45. The molecule has 1 atom stereocenters. The van der Waals surface area contributed by atoms with Crippen molar-refractivity contribution in [2.24, 2.45) is 0 Å². The van der Waals surface area contributed by atoms with Crippen molar-refractivity contribution in [2.75, 3.05) is 13.1 Å². The summed E-state index contributed by atoms with van der Waals surface area (Å²) in [5, 5.41) is 6.44. The van der Waals surface area contributed by atoms with E-state index in [2.05, 4.69) is 10.6 Å². The molecule has 1 amide bonds. The Morgan fingerprint density at radius 2 is 1.58 bits per heavy atom. The number of carbonyl (C=O) groups excluding carboxylic acids is 1. The van der Waals surface area contributed by atoms with Gasteiger partial charge in [0, 0.05) is 11.6 Å². The summed E-state index contributed by atoms with van der Waals surface area (Å²) in [6.07, 6.45) is 1.28. The molecule has 1 aliphatic heterocycles. The molecule has 1 fully saturated rings. The number of piperidine rings is 1. The highest BCUT2D eigenvalue weighted by atomic mass is 35.5. The first-order chi connectivity index (χ1) is 11.3. The van der Waals surface area contributed by atoms with Gasteiger partial charge >= 0.3 is 0 Å². The fourth-order valence-electron chi connectivity index (χ4n) is 2.78. The molecule has 0 aromatic heterocycles. The number of rotatable bonds is 5. The number of hydrogen-bond donors (Lipinski definition) is 2. The maximum absolute atomic E-state index is 12.8. The number of ether oxygens (including phenoxy) is 1. The van der Waals surface area contributed by atoms with E-state index in [1.165, 1.54) is 0 Å². The van der Waals surface area contributed by atoms with Crippen molar-refractivity contribution in [2.45, 2.75) is 25.0 Å². The molecule has 0 bridgehead atoms. The van der Waals surface area contributed by atoms with Crippen molar-refractivity contribution in [3.63, 3.8) is 0 Å². The smallest absolute Gasteiger partial charge is 0.266 e. The summed E-state index contributed by atoms with van der Waals surface area (Å²) in [4.78, 5) is 12.8. The lowest BCUT2D eigenvalue weighted by molar-refractivity contribution is -0.129. The number of hydrogen-bond acceptors (Lipinski definition) is 3. The Balaban J connectivity index is 0.00000208. The van der Waals surface area contributed by atoms with Crippen LogP contribution in [-0.2, 0) is 4.79 Å². The quantitative estimate of drug-likeness (QED) is 0.874. The fourth-order valence-corrected chi connectivity index (χ4v) is 2.78. The minimum Gasteiger partial charge on any atom is -0.476 e. The average Bonchev–Trinajstić information content (AvgIpc) is 2.62. The van der Waals surface area contributed by atoms with Crippen LogP contribution < -0.4 is 15.4 Å². The zero-order valence-electron chi connectivity index (χ0n) is 13.5. The second-order valence-electron chi connectivity index (χ2n) is 5.75. The molecule has 1 unspecified atom stereocenters. The fraction of sp³-hybridized carbons (Fsp3) is 0.316. The van der Waals surface area contributed by atoms with Gasteiger partial charge in [0.1, 0.15) is 5.75 Å². The summed E-state index contributed by atoms with van der Waals surface area (Å²) in [5.41, 5.74) is 0.864. The predicted molar refractivity (Wildman–Crippen MR) is 97.5 cm³/mol. The summed E-state index contributed by atoms with van der Waals surface area (Å²) >= 11 is 0. The van der Waals surface area contributed by atoms with E-state index in [0.29, 0.717) is 5.75 Å². The van der Waals surface area contributed by atoms with Crippen LogP contribution in [0.5, 0.6) is 5.75 Å². The Morgan fingerprint density at radius 1 is 1.00 bits per heavy atom. The van der Waals surface area contributed by atoms with Crippen molar-refractivity contribution in [1.29, 1.82) is 0 Å². The van der Waals surface area contributed by atoms with Gasteiger partial charge in [-0.15, -0.1) is 12.4 Å². The largest absolute Gasteiger partial charge is 0.476 e. The Labute approximate surface area is 149 Å². The van der Waals surface area contributed by atoms with Crippen LogP contribution in [0.4, 0.5) is 0 Å². The van der Waals surface area contributed by atoms with Crippen molar-refractivity contribution >= 4 is 18.3 Å². The highest BCUT2D eigenvalue weighted by Gasteiger charge is 2.25. The van der Waals surface area contributed by atoms with E-state index in [1.807, 2.05) is 60.7 Å². The van der Waals surface area contributed by atoms with Gasteiger partial charge in [0.25, 0.3) is 5.91 Å². The minimum atomic E-state index is -0.631. The number of nitrogens with one attached hydrogen (secondary N) is 2. The van der Waals surface area contributed by atoms with Crippen LogP contribution in [0.2, 0.25) is 0 Å². The Bertz CT molecular complexity index is 616. The van der Waals surface area contributed by atoms with Gasteiger partial charge in [0.2, 0.25) is 6.10 Å². The molecule has 2 N–H and O–H groups in total. The highest BCUT2D eigenvalue weighted by molar-refractivity contribution is 5.85. The maximum Gasteiger partial charge on any atom is 0.266 e. The molecular formula is C19H23ClN2O2. The zero-order valence-corrected chi connectivity index (χ0v) is 14.3. The van der Waals surface area contributed by atoms with Gasteiger partial charge in [-0.3, -0.25) is 4.79 Å². The van der Waals surface area contributed by atoms with E-state index in [9.17, 15) is 4.79 Å². The molecule has 0 spiro atoms. The molecule has 5 heteroatoms. The molecular weight excluding hydrogens is 324 g/mol. The summed E-state index contributed by atoms with van der Waals surface area (Å²) < 4.78 is 5.98. The predicted octanol–water partition coefficient (Wildman–Crippen LogP) is 3.10. The first-order valence-corrected chi connectivity index (χ1v) is 8.10. The Kier molecular flexibility index (Phi) is 7.09. The monoisotopic (exact) mass is 346 g/mol. The van der Waals surface area contributed by atoms with Gasteiger partial charge in [-0.25, -0.2) is 0 Å². The molecule has 128 valence electrons. The Hall–Kier alpha value is -2.04. The number of benzene rings is 2. The lowest BCUT2D eigenvalue weighted by atomic mass is 10.0. The molecule has 2 aromatic carbocycles. The van der Waals surface area contributed by atoms with Crippen LogP contribution in [0.25, 0.3) is 0 Å². The minimum absolute atomic E-state index is 0. The van der Waals surface area contributed by atoms with E-state index in [1.54, 1.807) is 0 Å². The lowest BCUT2D eigenvalue weighted by Gasteiger charge is -2.26. The van der Waals surface area contributed by atoms with Gasteiger partial charge < -0.3 is 15.4 Å². The summed E-state index contributed by atoms with van der Waals surface area (Å²) in [7, 11) is 0. The van der Waals surface area contributed by atoms with Gasteiger partial charge in [0.05, 0.1) is 0 Å². The standard InChI is InChI=1S/C19H22N2O2.ClH/c22-19(21-16-11-13-20-14-12-16)18(15-7-3-1-4-8-15)23-17-9-5-2-6-10-17;/h1-10,16,18,20H,11-14H2,(H,21,22);1H. The van der Waals surface area contributed by atoms with E-state index in [0.717, 1.165) is 31.5 Å². The summed E-state index contributed by atoms with van der Waals surface area (Å²) in [6.45, 7) is 1.89. The molecule has 1 aliphatic rings. The molecule has 0 radical (unpaired) electrons. The highest BCUT2D eigenvalue weighted by Crippen LogP contribution is 2.22. The van der Waals surface area contributed by atoms with Gasteiger partial charge in [0.15, 0.2) is 0 Å². The van der Waals surface area contributed by atoms with Crippen LogP contribution in [0.15, 0.2) is 60.7 Å². The van der Waals surface area contributed by atoms with Gasteiger partial charge in [-0.2, -0.15) is 0 Å². The van der Waals surface area contributed by atoms with Crippen LogP contribution in [0.3, 0.4) is 0 Å². The molecule has 0 aliphatic carbocycles. The molecule has 2 aromatic rings. The number of carbonyl (C=O) groups is 1. The van der Waals surface area contributed by atoms with E-state index < -0.39 is 6.10 Å². The van der Waals surface area contributed by atoms with E-state index in [-0.39, 0.29) is 24.4 Å².